The summed E-state index contributed by atoms with van der Waals surface area (Å²) < 4.78 is 30.6. The molecule has 0 saturated heterocycles. The summed E-state index contributed by atoms with van der Waals surface area (Å²) in [4.78, 5) is 18.8. The Kier molecular flexibility index (Phi) is 5.67. The van der Waals surface area contributed by atoms with E-state index in [9.17, 15) is 13.6 Å². The number of hydrogen-bond donors (Lipinski definition) is 2. The molecular formula is C24H23F2N5OS. The van der Waals surface area contributed by atoms with Gasteiger partial charge in [-0.25, -0.2) is 18.3 Å². The number of nitrogens with one attached hydrogen (secondary N) is 1. The Balaban J connectivity index is 1.52. The Morgan fingerprint density at radius 3 is 2.85 bits per heavy atom. The second-order valence-corrected chi connectivity index (χ2v) is 9.45. The quantitative estimate of drug-likeness (QED) is 0.459. The first-order chi connectivity index (χ1) is 15.9. The second kappa shape index (κ2) is 8.64. The Bertz CT molecular complexity index is 1290. The third-order valence-corrected chi connectivity index (χ3v) is 7.15. The molecule has 0 radical (unpaired) electrons. The van der Waals surface area contributed by atoms with Gasteiger partial charge in [-0.2, -0.15) is 5.10 Å². The fraction of sp³-hybridized carbons (Fsp3) is 0.292. The van der Waals surface area contributed by atoms with Gasteiger partial charge < -0.3 is 11.1 Å². The summed E-state index contributed by atoms with van der Waals surface area (Å²) in [6, 6.07) is 13.1. The van der Waals surface area contributed by atoms with Crippen molar-refractivity contribution in [3.8, 4) is 11.3 Å². The zero-order valence-corrected chi connectivity index (χ0v) is 18.6. The van der Waals surface area contributed by atoms with Crippen molar-refractivity contribution in [2.24, 2.45) is 5.73 Å². The molecule has 1 saturated carbocycles. The van der Waals surface area contributed by atoms with E-state index in [1.165, 1.54) is 11.3 Å². The van der Waals surface area contributed by atoms with Gasteiger partial charge in [-0.05, 0) is 36.6 Å². The molecule has 6 nitrogen and oxygen atoms in total. The number of fused-ring (bicyclic) bond motifs is 1. The van der Waals surface area contributed by atoms with Crippen LogP contribution in [0.2, 0.25) is 0 Å². The molecular weight excluding hydrogens is 444 g/mol. The Morgan fingerprint density at radius 1 is 1.24 bits per heavy atom. The minimum absolute atomic E-state index is 0.270. The summed E-state index contributed by atoms with van der Waals surface area (Å²) in [6.07, 6.45) is 4.52. The van der Waals surface area contributed by atoms with Crippen molar-refractivity contribution >= 4 is 22.9 Å². The van der Waals surface area contributed by atoms with Crippen LogP contribution in [0.5, 0.6) is 0 Å². The molecule has 1 fully saturated rings. The highest BCUT2D eigenvalue weighted by Gasteiger charge is 2.46. The summed E-state index contributed by atoms with van der Waals surface area (Å²) in [5.41, 5.74) is 9.26. The van der Waals surface area contributed by atoms with E-state index >= 15 is 0 Å². The zero-order chi connectivity index (χ0) is 23.0. The zero-order valence-electron chi connectivity index (χ0n) is 17.7. The molecule has 2 atom stereocenters. The van der Waals surface area contributed by atoms with Crippen LogP contribution < -0.4 is 11.1 Å². The molecule has 1 aliphatic rings. The van der Waals surface area contributed by atoms with Gasteiger partial charge in [0.15, 0.2) is 5.65 Å². The molecule has 9 heteroatoms. The highest BCUT2D eigenvalue weighted by Crippen LogP contribution is 2.36. The van der Waals surface area contributed by atoms with E-state index in [1.807, 2.05) is 36.4 Å². The smallest absolute Gasteiger partial charge is 0.269 e. The Hall–Kier alpha value is -3.17. The van der Waals surface area contributed by atoms with E-state index in [0.717, 1.165) is 21.7 Å². The number of carbonyl (C=O) groups excluding carboxylic acids is 1. The molecule has 3 heterocycles. The maximum atomic E-state index is 14.5. The lowest BCUT2D eigenvalue weighted by Gasteiger charge is -2.36. The SMILES string of the molecule is N[C@@H]1CCCC(F)(F)[C@@H]1NC(=O)c1cc(-c2cnc3cccnn23)c(Cc2ccccc2)s1. The number of rotatable bonds is 5. The van der Waals surface area contributed by atoms with Gasteiger partial charge in [0.25, 0.3) is 11.8 Å². The molecule has 1 aliphatic carbocycles. The number of nitrogens with zero attached hydrogens (tertiary/aromatic N) is 3. The first-order valence-electron chi connectivity index (χ1n) is 10.8. The maximum absolute atomic E-state index is 14.5. The van der Waals surface area contributed by atoms with Crippen molar-refractivity contribution in [1.29, 1.82) is 0 Å². The third kappa shape index (κ3) is 4.26. The van der Waals surface area contributed by atoms with Crippen LogP contribution in [-0.2, 0) is 6.42 Å². The van der Waals surface area contributed by atoms with Gasteiger partial charge in [0, 0.05) is 35.5 Å². The number of carbonyl (C=O) groups is 1. The molecule has 33 heavy (non-hydrogen) atoms. The summed E-state index contributed by atoms with van der Waals surface area (Å²) in [6.45, 7) is 0. The highest BCUT2D eigenvalue weighted by atomic mass is 32.1. The summed E-state index contributed by atoms with van der Waals surface area (Å²) in [7, 11) is 0. The molecule has 3 aromatic heterocycles. The van der Waals surface area contributed by atoms with Crippen molar-refractivity contribution in [2.75, 3.05) is 0 Å². The fourth-order valence-corrected chi connectivity index (χ4v) is 5.42. The molecule has 170 valence electrons. The average Bonchev–Trinajstić information content (AvgIpc) is 3.41. The minimum atomic E-state index is -3.02. The average molecular weight is 468 g/mol. The number of hydrogen-bond acceptors (Lipinski definition) is 5. The number of thiophene rings is 1. The molecule has 0 unspecified atom stereocenters. The lowest BCUT2D eigenvalue weighted by molar-refractivity contribution is -0.0674. The van der Waals surface area contributed by atoms with Gasteiger partial charge in [-0.1, -0.05) is 30.3 Å². The molecule has 1 aromatic carbocycles. The van der Waals surface area contributed by atoms with Crippen LogP contribution in [0.3, 0.4) is 0 Å². The van der Waals surface area contributed by atoms with Crippen molar-refractivity contribution in [3.05, 3.63) is 76.2 Å². The van der Waals surface area contributed by atoms with Gasteiger partial charge in [0.2, 0.25) is 0 Å². The molecule has 0 bridgehead atoms. The highest BCUT2D eigenvalue weighted by molar-refractivity contribution is 7.14. The topological polar surface area (TPSA) is 85.3 Å². The lowest BCUT2D eigenvalue weighted by atomic mass is 9.87. The van der Waals surface area contributed by atoms with E-state index in [1.54, 1.807) is 29.0 Å². The Morgan fingerprint density at radius 2 is 2.06 bits per heavy atom. The first kappa shape index (κ1) is 21.7. The van der Waals surface area contributed by atoms with Gasteiger partial charge in [-0.3, -0.25) is 4.79 Å². The number of benzene rings is 1. The number of nitrogens with two attached hydrogens (primary N) is 1. The van der Waals surface area contributed by atoms with E-state index in [-0.39, 0.29) is 6.42 Å². The van der Waals surface area contributed by atoms with Gasteiger partial charge in [0.05, 0.1) is 16.8 Å². The summed E-state index contributed by atoms with van der Waals surface area (Å²) >= 11 is 1.29. The van der Waals surface area contributed by atoms with Crippen molar-refractivity contribution < 1.29 is 13.6 Å². The van der Waals surface area contributed by atoms with Gasteiger partial charge in [0.1, 0.15) is 6.04 Å². The molecule has 4 aromatic rings. The van der Waals surface area contributed by atoms with Gasteiger partial charge in [-0.15, -0.1) is 11.3 Å². The van der Waals surface area contributed by atoms with Crippen molar-refractivity contribution in [2.45, 2.75) is 43.7 Å². The van der Waals surface area contributed by atoms with Crippen molar-refractivity contribution in [1.82, 2.24) is 19.9 Å². The summed E-state index contributed by atoms with van der Waals surface area (Å²) in [5.74, 6) is -3.56. The molecule has 1 amide bonds. The van der Waals surface area contributed by atoms with Crippen LogP contribution in [0, 0.1) is 0 Å². The molecule has 3 N–H and O–H groups in total. The van der Waals surface area contributed by atoms with Crippen molar-refractivity contribution in [3.63, 3.8) is 0 Å². The van der Waals surface area contributed by atoms with E-state index in [0.29, 0.717) is 29.8 Å². The monoisotopic (exact) mass is 467 g/mol. The predicted molar refractivity (Wildman–Crippen MR) is 124 cm³/mol. The number of amides is 1. The maximum Gasteiger partial charge on any atom is 0.269 e. The van der Waals surface area contributed by atoms with Crippen LogP contribution in [-0.4, -0.2) is 38.5 Å². The van der Waals surface area contributed by atoms with Crippen LogP contribution in [0.4, 0.5) is 8.78 Å². The standard InChI is InChI=1S/C24H23F2N5OS/c25-24(26)10-4-8-17(27)22(24)30-23(32)20-13-16(18-14-28-21-9-5-11-29-31(18)21)19(33-20)12-15-6-2-1-3-7-15/h1-3,5-7,9,11,13-14,17,22H,4,8,10,12,27H2,(H,30,32)/t17-,22-/m1/s1. The normalized spacial score (nSPS) is 20.1. The Labute approximate surface area is 193 Å². The second-order valence-electron chi connectivity index (χ2n) is 8.32. The van der Waals surface area contributed by atoms with Crippen LogP contribution >= 0.6 is 11.3 Å². The number of imidazole rings is 1. The number of alkyl halides is 2. The molecule has 5 rings (SSSR count). The largest absolute Gasteiger partial charge is 0.341 e. The first-order valence-corrected chi connectivity index (χ1v) is 11.6. The fourth-order valence-electron chi connectivity index (χ4n) is 4.32. The van der Waals surface area contributed by atoms with Gasteiger partial charge >= 0.3 is 0 Å². The predicted octanol–water partition coefficient (Wildman–Crippen LogP) is 4.29. The number of halogens is 2. The number of aromatic nitrogens is 3. The van der Waals surface area contributed by atoms with Crippen LogP contribution in [0.25, 0.3) is 16.9 Å². The van der Waals surface area contributed by atoms with E-state index < -0.39 is 23.9 Å². The lowest BCUT2D eigenvalue weighted by Crippen LogP contribution is -2.59. The van der Waals surface area contributed by atoms with Crippen LogP contribution in [0.1, 0.15) is 39.4 Å². The molecule has 0 spiro atoms. The van der Waals surface area contributed by atoms with Crippen LogP contribution in [0.15, 0.2) is 60.9 Å². The minimum Gasteiger partial charge on any atom is -0.341 e. The van der Waals surface area contributed by atoms with E-state index in [2.05, 4.69) is 15.4 Å². The van der Waals surface area contributed by atoms with E-state index in [4.69, 9.17) is 5.73 Å². The third-order valence-electron chi connectivity index (χ3n) is 6.01. The molecule has 0 aliphatic heterocycles. The summed E-state index contributed by atoms with van der Waals surface area (Å²) in [5, 5.41) is 6.91.